The van der Waals surface area contributed by atoms with Crippen LogP contribution < -0.4 is 10.9 Å². The van der Waals surface area contributed by atoms with E-state index in [2.05, 4.69) is 15.3 Å². The zero-order chi connectivity index (χ0) is 19.7. The van der Waals surface area contributed by atoms with Crippen LogP contribution in [0.4, 0.5) is 0 Å². The summed E-state index contributed by atoms with van der Waals surface area (Å²) < 4.78 is 11.0. The molecule has 0 unspecified atom stereocenters. The average Bonchev–Trinajstić information content (AvgIpc) is 3.30. The first kappa shape index (κ1) is 18.0. The molecule has 7 nitrogen and oxygen atoms in total. The van der Waals surface area contributed by atoms with Gasteiger partial charge in [0.25, 0.3) is 0 Å². The van der Waals surface area contributed by atoms with Gasteiger partial charge in [0.1, 0.15) is 11.2 Å². The van der Waals surface area contributed by atoms with Gasteiger partial charge >= 0.3 is 5.63 Å². The molecular weight excluding hydrogens is 358 g/mol. The summed E-state index contributed by atoms with van der Waals surface area (Å²) in [6, 6.07) is 3.73. The molecule has 0 saturated carbocycles. The number of fused-ring (bicyclic) bond motifs is 2. The number of furan rings is 1. The van der Waals surface area contributed by atoms with Gasteiger partial charge in [0.2, 0.25) is 5.91 Å². The van der Waals surface area contributed by atoms with E-state index < -0.39 is 5.63 Å². The smallest absolute Gasteiger partial charge is 0.339 e. The number of aryl methyl sites for hydroxylation is 2. The molecule has 0 radical (unpaired) electrons. The van der Waals surface area contributed by atoms with E-state index in [1.165, 1.54) is 0 Å². The van der Waals surface area contributed by atoms with Gasteiger partial charge in [0, 0.05) is 53.7 Å². The normalized spacial score (nSPS) is 11.4. The Morgan fingerprint density at radius 1 is 1.18 bits per heavy atom. The van der Waals surface area contributed by atoms with Gasteiger partial charge < -0.3 is 19.1 Å². The second-order valence-corrected chi connectivity index (χ2v) is 6.93. The van der Waals surface area contributed by atoms with Crippen molar-refractivity contribution < 1.29 is 13.6 Å². The Kier molecular flexibility index (Phi) is 4.73. The lowest BCUT2D eigenvalue weighted by molar-refractivity contribution is -0.121. The number of aromatic nitrogens is 2. The van der Waals surface area contributed by atoms with Crippen molar-refractivity contribution in [3.63, 3.8) is 0 Å². The van der Waals surface area contributed by atoms with Crippen molar-refractivity contribution in [3.8, 4) is 0 Å². The minimum Gasteiger partial charge on any atom is -0.464 e. The Labute approximate surface area is 160 Å². The Bertz CT molecular complexity index is 1200. The quantitative estimate of drug-likeness (QED) is 0.501. The van der Waals surface area contributed by atoms with E-state index in [9.17, 15) is 9.59 Å². The van der Waals surface area contributed by atoms with E-state index in [0.717, 1.165) is 27.6 Å². The minimum atomic E-state index is -0.405. The van der Waals surface area contributed by atoms with Crippen LogP contribution in [-0.2, 0) is 17.6 Å². The fourth-order valence-electron chi connectivity index (χ4n) is 3.41. The summed E-state index contributed by atoms with van der Waals surface area (Å²) in [5, 5.41) is 4.72. The van der Waals surface area contributed by atoms with Gasteiger partial charge in [-0.15, -0.1) is 0 Å². The predicted molar refractivity (Wildman–Crippen MR) is 105 cm³/mol. The fraction of sp³-hybridized carbons (Fsp3) is 0.286. The zero-order valence-corrected chi connectivity index (χ0v) is 15.8. The van der Waals surface area contributed by atoms with Crippen molar-refractivity contribution in [1.82, 2.24) is 15.3 Å². The van der Waals surface area contributed by atoms with Crippen LogP contribution >= 0.6 is 0 Å². The molecule has 0 aliphatic carbocycles. The van der Waals surface area contributed by atoms with Gasteiger partial charge in [0.15, 0.2) is 0 Å². The second kappa shape index (κ2) is 7.34. The van der Waals surface area contributed by atoms with Crippen LogP contribution in [0.15, 0.2) is 44.5 Å². The number of hydrogen-bond donors (Lipinski definition) is 2. The van der Waals surface area contributed by atoms with E-state index in [0.29, 0.717) is 36.1 Å². The number of rotatable bonds is 6. The fourth-order valence-corrected chi connectivity index (χ4v) is 3.41. The number of carbonyl (C=O) groups excluding carboxylic acids is 1. The predicted octanol–water partition coefficient (Wildman–Crippen LogP) is 3.17. The van der Waals surface area contributed by atoms with Crippen LogP contribution in [0, 0.1) is 13.8 Å². The number of carbonyl (C=O) groups is 1. The summed E-state index contributed by atoms with van der Waals surface area (Å²) in [7, 11) is 0. The van der Waals surface area contributed by atoms with Gasteiger partial charge in [-0.05, 0) is 37.5 Å². The van der Waals surface area contributed by atoms with Crippen molar-refractivity contribution in [2.24, 2.45) is 0 Å². The van der Waals surface area contributed by atoms with Crippen LogP contribution in [0.5, 0.6) is 0 Å². The van der Waals surface area contributed by atoms with E-state index in [-0.39, 0.29) is 12.3 Å². The van der Waals surface area contributed by atoms with E-state index in [4.69, 9.17) is 8.83 Å². The lowest BCUT2D eigenvalue weighted by Gasteiger charge is -2.08. The number of benzene rings is 1. The number of H-pyrrole nitrogens is 1. The van der Waals surface area contributed by atoms with Gasteiger partial charge in [-0.3, -0.25) is 4.79 Å². The third-order valence-corrected chi connectivity index (χ3v) is 5.05. The molecular formula is C21H21N3O4. The van der Waals surface area contributed by atoms with E-state index >= 15 is 0 Å². The Balaban J connectivity index is 1.49. The number of hydrogen-bond acceptors (Lipinski definition) is 5. The first-order chi connectivity index (χ1) is 13.5. The molecule has 3 heterocycles. The topological polar surface area (TPSA) is 101 Å². The summed E-state index contributed by atoms with van der Waals surface area (Å²) in [5.41, 5.74) is 4.16. The maximum Gasteiger partial charge on any atom is 0.339 e. The van der Waals surface area contributed by atoms with Crippen molar-refractivity contribution in [3.05, 3.63) is 63.7 Å². The molecule has 0 fully saturated rings. The standard InChI is InChI=1S/C21H21N3O4/c1-12-10-27-18-8-19-17(7-16(12)18)13(2)15(21(26)28-19)3-4-20(25)23-6-5-14-9-22-11-24-14/h7-11H,3-6H2,1-2H3,(H,22,24)(H,23,25). The number of nitrogens with one attached hydrogen (secondary N) is 2. The molecule has 1 aromatic carbocycles. The lowest BCUT2D eigenvalue weighted by atomic mass is 10.0. The average molecular weight is 379 g/mol. The summed E-state index contributed by atoms with van der Waals surface area (Å²) >= 11 is 0. The molecule has 144 valence electrons. The first-order valence-corrected chi connectivity index (χ1v) is 9.21. The van der Waals surface area contributed by atoms with Crippen LogP contribution in [0.3, 0.4) is 0 Å². The molecule has 0 aliphatic heterocycles. The highest BCUT2D eigenvalue weighted by atomic mass is 16.4. The summed E-state index contributed by atoms with van der Waals surface area (Å²) in [6.07, 6.45) is 6.27. The van der Waals surface area contributed by atoms with Crippen molar-refractivity contribution >= 4 is 27.8 Å². The van der Waals surface area contributed by atoms with Gasteiger partial charge in [-0.2, -0.15) is 0 Å². The molecule has 1 amide bonds. The number of imidazole rings is 1. The van der Waals surface area contributed by atoms with E-state index in [1.54, 1.807) is 24.9 Å². The molecule has 0 spiro atoms. The largest absolute Gasteiger partial charge is 0.464 e. The molecule has 4 rings (SSSR count). The Morgan fingerprint density at radius 2 is 2.04 bits per heavy atom. The molecule has 0 saturated heterocycles. The Hall–Kier alpha value is -3.35. The Morgan fingerprint density at radius 3 is 2.82 bits per heavy atom. The zero-order valence-electron chi connectivity index (χ0n) is 15.8. The van der Waals surface area contributed by atoms with E-state index in [1.807, 2.05) is 19.9 Å². The highest BCUT2D eigenvalue weighted by Gasteiger charge is 2.15. The first-order valence-electron chi connectivity index (χ1n) is 9.21. The lowest BCUT2D eigenvalue weighted by Crippen LogP contribution is -2.26. The van der Waals surface area contributed by atoms with Crippen LogP contribution in [0.1, 0.15) is 28.8 Å². The third-order valence-electron chi connectivity index (χ3n) is 5.05. The van der Waals surface area contributed by atoms with Crippen molar-refractivity contribution in [1.29, 1.82) is 0 Å². The van der Waals surface area contributed by atoms with Crippen molar-refractivity contribution in [2.75, 3.05) is 6.54 Å². The monoisotopic (exact) mass is 379 g/mol. The third kappa shape index (κ3) is 3.43. The molecule has 2 N–H and O–H groups in total. The number of amides is 1. The molecule has 7 heteroatoms. The number of nitrogens with zero attached hydrogens (tertiary/aromatic N) is 1. The molecule has 0 bridgehead atoms. The molecule has 0 aliphatic rings. The van der Waals surface area contributed by atoms with Crippen LogP contribution in [0.25, 0.3) is 21.9 Å². The highest BCUT2D eigenvalue weighted by molar-refractivity contribution is 5.96. The molecule has 28 heavy (non-hydrogen) atoms. The second-order valence-electron chi connectivity index (χ2n) is 6.93. The van der Waals surface area contributed by atoms with Crippen LogP contribution in [-0.4, -0.2) is 22.4 Å². The molecule has 3 aromatic heterocycles. The summed E-state index contributed by atoms with van der Waals surface area (Å²) in [5.74, 6) is -0.0976. The molecule has 4 aromatic rings. The minimum absolute atomic E-state index is 0.0976. The maximum atomic E-state index is 12.4. The summed E-state index contributed by atoms with van der Waals surface area (Å²) in [6.45, 7) is 4.39. The van der Waals surface area contributed by atoms with Crippen molar-refractivity contribution in [2.45, 2.75) is 33.1 Å². The highest BCUT2D eigenvalue weighted by Crippen LogP contribution is 2.28. The number of aromatic amines is 1. The van der Waals surface area contributed by atoms with Gasteiger partial charge in [-0.1, -0.05) is 0 Å². The summed E-state index contributed by atoms with van der Waals surface area (Å²) in [4.78, 5) is 31.5. The molecule has 0 atom stereocenters. The van der Waals surface area contributed by atoms with Gasteiger partial charge in [0.05, 0.1) is 12.6 Å². The maximum absolute atomic E-state index is 12.4. The van der Waals surface area contributed by atoms with Crippen LogP contribution in [0.2, 0.25) is 0 Å². The van der Waals surface area contributed by atoms with Gasteiger partial charge in [-0.25, -0.2) is 9.78 Å². The SMILES string of the molecule is Cc1coc2cc3oc(=O)c(CCC(=O)NCCc4cnc[nH]4)c(C)c3cc12.